The Morgan fingerprint density at radius 1 is 1.03 bits per heavy atom. The Morgan fingerprint density at radius 3 is 2.47 bits per heavy atom. The maximum Gasteiger partial charge on any atom is 0.224 e. The molecule has 2 saturated carbocycles. The van der Waals surface area contributed by atoms with E-state index >= 15 is 0 Å². The second kappa shape index (κ2) is 10.1. The van der Waals surface area contributed by atoms with Crippen molar-refractivity contribution in [2.45, 2.75) is 95.2 Å². The van der Waals surface area contributed by atoms with E-state index in [1.807, 2.05) is 6.20 Å². The van der Waals surface area contributed by atoms with E-state index in [0.717, 1.165) is 56.1 Å². The largest absolute Gasteiger partial charge is 0.393 e. The number of anilines is 1. The molecule has 6 rings (SSSR count). The van der Waals surface area contributed by atoms with Crippen LogP contribution in [-0.2, 0) is 5.54 Å². The van der Waals surface area contributed by atoms with Crippen molar-refractivity contribution in [1.82, 2.24) is 19.4 Å². The Labute approximate surface area is 215 Å². The van der Waals surface area contributed by atoms with E-state index in [4.69, 9.17) is 4.98 Å². The van der Waals surface area contributed by atoms with E-state index in [0.29, 0.717) is 12.0 Å². The van der Waals surface area contributed by atoms with Gasteiger partial charge in [-0.2, -0.15) is 4.98 Å². The van der Waals surface area contributed by atoms with Crippen molar-refractivity contribution in [1.29, 1.82) is 0 Å². The molecular formula is C30H41N5O. The van der Waals surface area contributed by atoms with Crippen LogP contribution in [0.25, 0.3) is 22.2 Å². The fourth-order valence-corrected chi connectivity index (χ4v) is 6.52. The monoisotopic (exact) mass is 487 g/mol. The number of rotatable bonds is 8. The highest BCUT2D eigenvalue weighted by Crippen LogP contribution is 2.52. The SMILES string of the molecule is CCCCNc1ncc2c(-c3ccc(C4(N5CCCCC5)CC4)cc3)cn(C3CCC(O)CC3)c2n1. The van der Waals surface area contributed by atoms with Crippen LogP contribution >= 0.6 is 0 Å². The van der Waals surface area contributed by atoms with Gasteiger partial charge in [-0.1, -0.05) is 44.0 Å². The molecule has 0 radical (unpaired) electrons. The van der Waals surface area contributed by atoms with Crippen LogP contribution in [0.15, 0.2) is 36.7 Å². The van der Waals surface area contributed by atoms with Gasteiger partial charge in [-0.25, -0.2) is 4.98 Å². The summed E-state index contributed by atoms with van der Waals surface area (Å²) in [6, 6.07) is 9.75. The average Bonchev–Trinajstić information content (AvgIpc) is 3.66. The minimum atomic E-state index is -0.161. The van der Waals surface area contributed by atoms with Gasteiger partial charge >= 0.3 is 0 Å². The number of hydrogen-bond donors (Lipinski definition) is 2. The zero-order valence-electron chi connectivity index (χ0n) is 21.8. The average molecular weight is 488 g/mol. The number of aliphatic hydroxyl groups is 1. The van der Waals surface area contributed by atoms with Crippen molar-refractivity contribution < 1.29 is 5.11 Å². The summed E-state index contributed by atoms with van der Waals surface area (Å²) in [5.41, 5.74) is 5.24. The highest BCUT2D eigenvalue weighted by Gasteiger charge is 2.49. The van der Waals surface area contributed by atoms with Crippen molar-refractivity contribution >= 4 is 17.0 Å². The van der Waals surface area contributed by atoms with Crippen LogP contribution in [0.1, 0.15) is 89.2 Å². The lowest BCUT2D eigenvalue weighted by Crippen LogP contribution is -2.39. The van der Waals surface area contributed by atoms with E-state index in [1.165, 1.54) is 61.9 Å². The van der Waals surface area contributed by atoms with E-state index in [-0.39, 0.29) is 11.6 Å². The number of unbranched alkanes of at least 4 members (excludes halogenated alkanes) is 1. The van der Waals surface area contributed by atoms with Crippen LogP contribution < -0.4 is 5.32 Å². The topological polar surface area (TPSA) is 66.2 Å². The van der Waals surface area contributed by atoms with Gasteiger partial charge in [0.15, 0.2) is 0 Å². The van der Waals surface area contributed by atoms with E-state index in [1.54, 1.807) is 0 Å². The predicted octanol–water partition coefficient (Wildman–Crippen LogP) is 6.26. The molecule has 0 spiro atoms. The lowest BCUT2D eigenvalue weighted by Gasteiger charge is -2.35. The van der Waals surface area contributed by atoms with Crippen molar-refractivity contribution in [3.05, 3.63) is 42.2 Å². The minimum absolute atomic E-state index is 0.161. The molecule has 3 aromatic rings. The zero-order chi connectivity index (χ0) is 24.5. The Hall–Kier alpha value is -2.44. The first-order valence-electron chi connectivity index (χ1n) is 14.3. The first-order chi connectivity index (χ1) is 17.7. The standard InChI is InChI=1S/C30H41N5O/c1-2-3-17-31-29-32-20-26-27(21-35(28(26)33-29)24-11-13-25(36)14-12-24)22-7-9-23(10-8-22)30(15-16-30)34-18-5-4-6-19-34/h7-10,20-21,24-25,36H,2-6,11-19H2,1H3,(H,31,32,33). The molecule has 0 bridgehead atoms. The zero-order valence-corrected chi connectivity index (χ0v) is 21.8. The van der Waals surface area contributed by atoms with Crippen molar-refractivity contribution in [3.63, 3.8) is 0 Å². The molecular weight excluding hydrogens is 446 g/mol. The van der Waals surface area contributed by atoms with Crippen molar-refractivity contribution in [2.24, 2.45) is 0 Å². The Kier molecular flexibility index (Phi) is 6.74. The first kappa shape index (κ1) is 23.9. The molecule has 3 fully saturated rings. The second-order valence-electron chi connectivity index (χ2n) is 11.3. The van der Waals surface area contributed by atoms with Crippen molar-refractivity contribution in [2.75, 3.05) is 25.0 Å². The van der Waals surface area contributed by atoms with Gasteiger partial charge in [-0.3, -0.25) is 4.90 Å². The van der Waals surface area contributed by atoms with E-state index in [9.17, 15) is 5.11 Å². The number of benzene rings is 1. The van der Waals surface area contributed by atoms with E-state index in [2.05, 4.69) is 57.2 Å². The lowest BCUT2D eigenvalue weighted by atomic mass is 9.93. The summed E-state index contributed by atoms with van der Waals surface area (Å²) in [6.07, 6.45) is 16.7. The van der Waals surface area contributed by atoms with Gasteiger partial charge in [0.05, 0.1) is 6.10 Å². The fraction of sp³-hybridized carbons (Fsp3) is 0.600. The molecule has 36 heavy (non-hydrogen) atoms. The van der Waals surface area contributed by atoms with Crippen LogP contribution in [0.3, 0.4) is 0 Å². The highest BCUT2D eigenvalue weighted by atomic mass is 16.3. The molecule has 0 unspecified atom stereocenters. The Morgan fingerprint density at radius 2 is 1.78 bits per heavy atom. The van der Waals surface area contributed by atoms with Crippen LogP contribution in [0.5, 0.6) is 0 Å². The van der Waals surface area contributed by atoms with Gasteiger partial charge in [-0.05, 0) is 82.0 Å². The van der Waals surface area contributed by atoms with Crippen LogP contribution in [-0.4, -0.2) is 50.3 Å². The summed E-state index contributed by atoms with van der Waals surface area (Å²) in [6.45, 7) is 5.59. The summed E-state index contributed by atoms with van der Waals surface area (Å²) in [5.74, 6) is 0.713. The van der Waals surface area contributed by atoms with Gasteiger partial charge in [-0.15, -0.1) is 0 Å². The number of aliphatic hydroxyl groups excluding tert-OH is 1. The third-order valence-electron chi connectivity index (χ3n) is 8.86. The third-order valence-corrected chi connectivity index (χ3v) is 8.86. The molecule has 1 aromatic carbocycles. The predicted molar refractivity (Wildman–Crippen MR) is 146 cm³/mol. The van der Waals surface area contributed by atoms with Crippen LogP contribution in [0, 0.1) is 0 Å². The molecule has 6 nitrogen and oxygen atoms in total. The lowest BCUT2D eigenvalue weighted by molar-refractivity contribution is 0.111. The molecule has 0 amide bonds. The summed E-state index contributed by atoms with van der Waals surface area (Å²) < 4.78 is 2.37. The first-order valence-corrected chi connectivity index (χ1v) is 14.3. The van der Waals surface area contributed by atoms with Gasteiger partial charge in [0, 0.05) is 41.5 Å². The smallest absolute Gasteiger partial charge is 0.224 e. The number of likely N-dealkylation sites (tertiary alicyclic amines) is 1. The number of hydrogen-bond acceptors (Lipinski definition) is 5. The van der Waals surface area contributed by atoms with Gasteiger partial charge in [0.25, 0.3) is 0 Å². The fourth-order valence-electron chi connectivity index (χ4n) is 6.52. The second-order valence-corrected chi connectivity index (χ2v) is 11.3. The molecule has 6 heteroatoms. The normalized spacial score (nSPS) is 24.2. The van der Waals surface area contributed by atoms with Crippen molar-refractivity contribution in [3.8, 4) is 11.1 Å². The maximum absolute atomic E-state index is 10.1. The molecule has 1 saturated heterocycles. The van der Waals surface area contributed by atoms with Gasteiger partial charge in [0.2, 0.25) is 5.95 Å². The van der Waals surface area contributed by atoms with Gasteiger partial charge < -0.3 is 15.0 Å². The van der Waals surface area contributed by atoms with Crippen LogP contribution in [0.4, 0.5) is 5.95 Å². The number of fused-ring (bicyclic) bond motifs is 1. The molecule has 2 aromatic heterocycles. The number of aromatic nitrogens is 3. The maximum atomic E-state index is 10.1. The Balaban J connectivity index is 1.32. The quantitative estimate of drug-likeness (QED) is 0.367. The summed E-state index contributed by atoms with van der Waals surface area (Å²) in [7, 11) is 0. The number of nitrogens with zero attached hydrogens (tertiary/aromatic N) is 4. The van der Waals surface area contributed by atoms with E-state index < -0.39 is 0 Å². The molecule has 2 aliphatic carbocycles. The van der Waals surface area contributed by atoms with Gasteiger partial charge in [0.1, 0.15) is 5.65 Å². The molecule has 192 valence electrons. The molecule has 3 aliphatic rings. The highest BCUT2D eigenvalue weighted by molar-refractivity contribution is 5.94. The molecule has 3 heterocycles. The number of nitrogens with one attached hydrogen (secondary N) is 1. The summed E-state index contributed by atoms with van der Waals surface area (Å²) in [4.78, 5) is 12.4. The molecule has 2 N–H and O–H groups in total. The molecule has 0 atom stereocenters. The third kappa shape index (κ3) is 4.54. The van der Waals surface area contributed by atoms with Crippen LogP contribution in [0.2, 0.25) is 0 Å². The molecule has 1 aliphatic heterocycles. The minimum Gasteiger partial charge on any atom is -0.393 e. The summed E-state index contributed by atoms with van der Waals surface area (Å²) >= 11 is 0. The number of piperidine rings is 1. The summed E-state index contributed by atoms with van der Waals surface area (Å²) in [5, 5.41) is 14.6. The Bertz CT molecular complexity index is 1170.